The smallest absolute Gasteiger partial charge is 0.320 e. The molecule has 1 N–H and O–H groups in total. The number of benzene rings is 3. The number of imidazole rings is 1. The largest absolute Gasteiger partial charge is 0.491 e. The number of hydrogen-bond acceptors (Lipinski definition) is 3. The van der Waals surface area contributed by atoms with E-state index in [1.54, 1.807) is 0 Å². The quantitative estimate of drug-likeness (QED) is 0.362. The van der Waals surface area contributed by atoms with Gasteiger partial charge in [-0.1, -0.05) is 36.4 Å². The van der Waals surface area contributed by atoms with Crippen LogP contribution in [0.1, 0.15) is 47.8 Å². The standard InChI is InChI=1S/C30H32N4O2/c1-20-16-24(23-11-12-26-27(18-23)32-21(2)31-26)17-25-19-33(14-15-36-29(20)25)30(35)34-13-7-6-10-28(34)22-8-4-3-5-9-22/h3-5,8-9,11-12,16-18,28H,6-7,10,13-15,19H2,1-2H3,(H,31,32)/t28-/m0/s1. The molecule has 3 aromatic carbocycles. The number of piperidine rings is 1. The molecule has 0 radical (unpaired) electrons. The molecule has 6 rings (SSSR count). The fourth-order valence-electron chi connectivity index (χ4n) is 5.72. The van der Waals surface area contributed by atoms with E-state index in [1.807, 2.05) is 17.9 Å². The molecule has 0 spiro atoms. The SMILES string of the molecule is Cc1nc2ccc(-c3cc(C)c4c(c3)CN(C(=O)N3CCCC[C@H]3c3ccccc3)CCO4)cc2[nH]1. The molecular weight excluding hydrogens is 448 g/mol. The number of ether oxygens (including phenoxy) is 1. The second-order valence-electron chi connectivity index (χ2n) is 10.0. The Bertz CT molecular complexity index is 1410. The fourth-order valence-corrected chi connectivity index (χ4v) is 5.72. The summed E-state index contributed by atoms with van der Waals surface area (Å²) in [7, 11) is 0. The summed E-state index contributed by atoms with van der Waals surface area (Å²) in [4.78, 5) is 25.8. The zero-order valence-electron chi connectivity index (χ0n) is 21.0. The first-order valence-corrected chi connectivity index (χ1v) is 12.9. The third kappa shape index (κ3) is 4.21. The number of hydrogen-bond donors (Lipinski definition) is 1. The van der Waals surface area contributed by atoms with E-state index >= 15 is 0 Å². The van der Waals surface area contributed by atoms with Gasteiger partial charge in [-0.3, -0.25) is 0 Å². The van der Waals surface area contributed by atoms with Crippen molar-refractivity contribution in [2.45, 2.75) is 45.7 Å². The zero-order valence-corrected chi connectivity index (χ0v) is 21.0. The van der Waals surface area contributed by atoms with Gasteiger partial charge in [0.15, 0.2) is 0 Å². The first kappa shape index (κ1) is 22.7. The molecule has 184 valence electrons. The van der Waals surface area contributed by atoms with Crippen molar-refractivity contribution in [3.05, 3.63) is 83.2 Å². The highest BCUT2D eigenvalue weighted by Gasteiger charge is 2.32. The topological polar surface area (TPSA) is 61.5 Å². The number of carbonyl (C=O) groups excluding carboxylic acids is 1. The van der Waals surface area contributed by atoms with Crippen LogP contribution >= 0.6 is 0 Å². The first-order chi connectivity index (χ1) is 17.6. The molecule has 1 saturated heterocycles. The van der Waals surface area contributed by atoms with Gasteiger partial charge in [0.25, 0.3) is 0 Å². The minimum absolute atomic E-state index is 0.109. The van der Waals surface area contributed by atoms with Crippen molar-refractivity contribution in [2.75, 3.05) is 19.7 Å². The number of aromatic nitrogens is 2. The highest BCUT2D eigenvalue weighted by molar-refractivity contribution is 5.82. The summed E-state index contributed by atoms with van der Waals surface area (Å²) in [5, 5.41) is 0. The fraction of sp³-hybridized carbons (Fsp3) is 0.333. The molecule has 0 aliphatic carbocycles. The molecule has 6 nitrogen and oxygen atoms in total. The summed E-state index contributed by atoms with van der Waals surface area (Å²) in [6.07, 6.45) is 3.21. The Labute approximate surface area is 211 Å². The maximum atomic E-state index is 13.9. The maximum absolute atomic E-state index is 13.9. The van der Waals surface area contributed by atoms with Gasteiger partial charge in [-0.25, -0.2) is 9.78 Å². The molecule has 4 aromatic rings. The number of amides is 2. The molecule has 3 heterocycles. The molecule has 1 fully saturated rings. The van der Waals surface area contributed by atoms with Gasteiger partial charge in [0, 0.05) is 12.1 Å². The Morgan fingerprint density at radius 3 is 2.72 bits per heavy atom. The average Bonchev–Trinajstić information content (AvgIpc) is 3.14. The van der Waals surface area contributed by atoms with E-state index in [2.05, 4.69) is 76.4 Å². The van der Waals surface area contributed by atoms with Crippen molar-refractivity contribution in [1.82, 2.24) is 19.8 Å². The van der Waals surface area contributed by atoms with Gasteiger partial charge in [-0.15, -0.1) is 0 Å². The second kappa shape index (κ2) is 9.34. The second-order valence-corrected chi connectivity index (χ2v) is 10.0. The number of aromatic amines is 1. The van der Waals surface area contributed by atoms with Crippen molar-refractivity contribution in [3.63, 3.8) is 0 Å². The molecule has 36 heavy (non-hydrogen) atoms. The minimum atomic E-state index is 0.109. The van der Waals surface area contributed by atoms with Crippen LogP contribution in [-0.4, -0.2) is 45.5 Å². The van der Waals surface area contributed by atoms with E-state index < -0.39 is 0 Å². The Kier molecular flexibility index (Phi) is 5.88. The Hall–Kier alpha value is -3.80. The first-order valence-electron chi connectivity index (χ1n) is 12.9. The Balaban J connectivity index is 1.30. The summed E-state index contributed by atoms with van der Waals surface area (Å²) in [5.74, 6) is 1.82. The lowest BCUT2D eigenvalue weighted by atomic mass is 9.95. The van der Waals surface area contributed by atoms with Crippen LogP contribution in [0.4, 0.5) is 4.79 Å². The van der Waals surface area contributed by atoms with Gasteiger partial charge in [0.1, 0.15) is 18.2 Å². The number of rotatable bonds is 2. The van der Waals surface area contributed by atoms with Gasteiger partial charge < -0.3 is 19.5 Å². The molecule has 0 bridgehead atoms. The van der Waals surface area contributed by atoms with Gasteiger partial charge in [-0.2, -0.15) is 0 Å². The van der Waals surface area contributed by atoms with E-state index in [0.29, 0.717) is 19.7 Å². The highest BCUT2D eigenvalue weighted by Crippen LogP contribution is 2.36. The van der Waals surface area contributed by atoms with Crippen LogP contribution in [0.3, 0.4) is 0 Å². The molecule has 2 aliphatic rings. The number of nitrogens with one attached hydrogen (secondary N) is 1. The normalized spacial score (nSPS) is 18.0. The molecule has 0 saturated carbocycles. The predicted molar refractivity (Wildman–Crippen MR) is 142 cm³/mol. The van der Waals surface area contributed by atoms with Gasteiger partial charge in [0.2, 0.25) is 0 Å². The van der Waals surface area contributed by atoms with E-state index in [9.17, 15) is 4.79 Å². The molecule has 2 amide bonds. The minimum Gasteiger partial charge on any atom is -0.491 e. The van der Waals surface area contributed by atoms with E-state index in [4.69, 9.17) is 4.74 Å². The zero-order chi connectivity index (χ0) is 24.6. The highest BCUT2D eigenvalue weighted by atomic mass is 16.5. The van der Waals surface area contributed by atoms with E-state index in [1.165, 1.54) is 5.56 Å². The van der Waals surface area contributed by atoms with Crippen molar-refractivity contribution in [3.8, 4) is 16.9 Å². The van der Waals surface area contributed by atoms with Crippen molar-refractivity contribution < 1.29 is 9.53 Å². The van der Waals surface area contributed by atoms with Gasteiger partial charge in [-0.05, 0) is 79.6 Å². The van der Waals surface area contributed by atoms with Crippen LogP contribution in [0.5, 0.6) is 5.75 Å². The lowest BCUT2D eigenvalue weighted by molar-refractivity contribution is 0.110. The maximum Gasteiger partial charge on any atom is 0.320 e. The van der Waals surface area contributed by atoms with Gasteiger partial charge >= 0.3 is 6.03 Å². The summed E-state index contributed by atoms with van der Waals surface area (Å²) < 4.78 is 6.19. The average molecular weight is 481 g/mol. The number of urea groups is 1. The molecule has 6 heteroatoms. The molecular formula is C30H32N4O2. The number of carbonyl (C=O) groups is 1. The Morgan fingerprint density at radius 2 is 1.86 bits per heavy atom. The van der Waals surface area contributed by atoms with Crippen LogP contribution in [0.25, 0.3) is 22.2 Å². The monoisotopic (exact) mass is 480 g/mol. The van der Waals surface area contributed by atoms with Crippen molar-refractivity contribution >= 4 is 17.1 Å². The van der Waals surface area contributed by atoms with Crippen LogP contribution in [-0.2, 0) is 6.54 Å². The summed E-state index contributed by atoms with van der Waals surface area (Å²) >= 11 is 0. The molecule has 2 aliphatic heterocycles. The third-order valence-corrected chi connectivity index (χ3v) is 7.46. The van der Waals surface area contributed by atoms with Gasteiger partial charge in [0.05, 0.1) is 30.2 Å². The van der Waals surface area contributed by atoms with Crippen LogP contribution < -0.4 is 4.74 Å². The molecule has 1 atom stereocenters. The number of likely N-dealkylation sites (tertiary alicyclic amines) is 1. The van der Waals surface area contributed by atoms with E-state index in [0.717, 1.165) is 70.7 Å². The summed E-state index contributed by atoms with van der Waals surface area (Å²) in [6.45, 7) is 6.49. The third-order valence-electron chi connectivity index (χ3n) is 7.46. The van der Waals surface area contributed by atoms with Crippen LogP contribution in [0.2, 0.25) is 0 Å². The van der Waals surface area contributed by atoms with E-state index in [-0.39, 0.29) is 12.1 Å². The Morgan fingerprint density at radius 1 is 1.00 bits per heavy atom. The number of fused-ring (bicyclic) bond motifs is 2. The lowest BCUT2D eigenvalue weighted by Gasteiger charge is -2.39. The molecule has 0 unspecified atom stereocenters. The van der Waals surface area contributed by atoms with Crippen LogP contribution in [0, 0.1) is 13.8 Å². The summed E-state index contributed by atoms with van der Waals surface area (Å²) in [5.41, 5.74) is 7.63. The lowest BCUT2D eigenvalue weighted by Crippen LogP contribution is -2.47. The van der Waals surface area contributed by atoms with Crippen molar-refractivity contribution in [2.24, 2.45) is 0 Å². The van der Waals surface area contributed by atoms with Crippen molar-refractivity contribution in [1.29, 1.82) is 0 Å². The number of aryl methyl sites for hydroxylation is 2. The number of H-pyrrole nitrogens is 1. The van der Waals surface area contributed by atoms with Crippen LogP contribution in [0.15, 0.2) is 60.7 Å². The number of nitrogens with zero attached hydrogens (tertiary/aromatic N) is 3. The molecule has 1 aromatic heterocycles. The summed E-state index contributed by atoms with van der Waals surface area (Å²) in [6, 6.07) is 21.4. The predicted octanol–water partition coefficient (Wildman–Crippen LogP) is 6.39.